The molecular formula is C23H36O7. The number of hydrogen-bond acceptors (Lipinski definition) is 6. The van der Waals surface area contributed by atoms with Crippen molar-refractivity contribution in [2.75, 3.05) is 0 Å². The lowest BCUT2D eigenvalue weighted by Crippen LogP contribution is -2.43. The number of carboxylic acid groups (broad SMARTS) is 1. The van der Waals surface area contributed by atoms with Crippen molar-refractivity contribution in [3.63, 3.8) is 0 Å². The van der Waals surface area contributed by atoms with Crippen molar-refractivity contribution in [2.24, 2.45) is 23.7 Å². The van der Waals surface area contributed by atoms with Gasteiger partial charge in [0.2, 0.25) is 0 Å². The van der Waals surface area contributed by atoms with Gasteiger partial charge in [-0.25, -0.2) is 0 Å². The molecule has 0 aromatic rings. The molecule has 0 aromatic heterocycles. The topological polar surface area (TPSA) is 124 Å². The van der Waals surface area contributed by atoms with Crippen LogP contribution in [0.2, 0.25) is 0 Å². The maximum atomic E-state index is 12.4. The van der Waals surface area contributed by atoms with E-state index in [9.17, 15) is 24.9 Å². The van der Waals surface area contributed by atoms with Crippen LogP contribution in [0.25, 0.3) is 0 Å². The Balaban J connectivity index is 2.09. The molecule has 2 aliphatic carbocycles. The molecule has 0 radical (unpaired) electrons. The highest BCUT2D eigenvalue weighted by Gasteiger charge is 2.42. The number of ether oxygens (including phenoxy) is 1. The second-order valence-electron chi connectivity index (χ2n) is 8.88. The highest BCUT2D eigenvalue weighted by atomic mass is 16.5. The van der Waals surface area contributed by atoms with Crippen molar-refractivity contribution in [3.05, 3.63) is 23.8 Å². The molecule has 7 heteroatoms. The normalized spacial score (nSPS) is 31.3. The lowest BCUT2D eigenvalue weighted by Gasteiger charge is -2.43. The third-order valence-corrected chi connectivity index (χ3v) is 6.44. The molecule has 2 rings (SSSR count). The smallest absolute Gasteiger partial charge is 0.308 e. The van der Waals surface area contributed by atoms with Gasteiger partial charge in [-0.2, -0.15) is 0 Å². The summed E-state index contributed by atoms with van der Waals surface area (Å²) in [5, 5.41) is 39.1. The first-order valence-electron chi connectivity index (χ1n) is 11.0. The van der Waals surface area contributed by atoms with E-state index >= 15 is 0 Å². The third kappa shape index (κ3) is 6.65. The first kappa shape index (κ1) is 24.6. The SMILES string of the molecule is CC[C@H](C)C(=O)O[C@@H]1C[C@H](O)C=C2C=C[C@H](C)[C@H](CCC(O)C[C@@H](O)CC(=O)O)C21. The maximum Gasteiger partial charge on any atom is 0.308 e. The molecule has 2 aliphatic rings. The van der Waals surface area contributed by atoms with Crippen molar-refractivity contribution in [2.45, 2.75) is 83.7 Å². The number of aliphatic hydroxyl groups is 3. The zero-order valence-corrected chi connectivity index (χ0v) is 18.1. The highest BCUT2D eigenvalue weighted by molar-refractivity contribution is 5.72. The van der Waals surface area contributed by atoms with Crippen molar-refractivity contribution in [3.8, 4) is 0 Å². The van der Waals surface area contributed by atoms with Crippen LogP contribution in [0.4, 0.5) is 0 Å². The molecule has 0 aliphatic heterocycles. The summed E-state index contributed by atoms with van der Waals surface area (Å²) in [6.45, 7) is 5.85. The van der Waals surface area contributed by atoms with Crippen molar-refractivity contribution >= 4 is 11.9 Å². The fourth-order valence-electron chi connectivity index (χ4n) is 4.52. The van der Waals surface area contributed by atoms with E-state index in [1.165, 1.54) is 0 Å². The lowest BCUT2D eigenvalue weighted by molar-refractivity contribution is -0.159. The Labute approximate surface area is 178 Å². The number of carbonyl (C=O) groups is 2. The first-order valence-corrected chi connectivity index (χ1v) is 11.0. The monoisotopic (exact) mass is 424 g/mol. The molecule has 0 amide bonds. The van der Waals surface area contributed by atoms with Gasteiger partial charge in [-0.3, -0.25) is 9.59 Å². The zero-order valence-electron chi connectivity index (χ0n) is 18.1. The first-order chi connectivity index (χ1) is 14.1. The van der Waals surface area contributed by atoms with Gasteiger partial charge in [0.05, 0.1) is 30.7 Å². The summed E-state index contributed by atoms with van der Waals surface area (Å²) in [6.07, 6.45) is 4.64. The van der Waals surface area contributed by atoms with Crippen LogP contribution >= 0.6 is 0 Å². The number of esters is 1. The third-order valence-electron chi connectivity index (χ3n) is 6.44. The molecule has 0 spiro atoms. The van der Waals surface area contributed by atoms with E-state index < -0.39 is 30.4 Å². The van der Waals surface area contributed by atoms with Gasteiger partial charge < -0.3 is 25.2 Å². The van der Waals surface area contributed by atoms with Gasteiger partial charge in [0.25, 0.3) is 0 Å². The predicted molar refractivity (Wildman–Crippen MR) is 111 cm³/mol. The summed E-state index contributed by atoms with van der Waals surface area (Å²) < 4.78 is 5.84. The molecule has 0 saturated heterocycles. The molecule has 170 valence electrons. The Kier molecular flexibility index (Phi) is 9.07. The van der Waals surface area contributed by atoms with Crippen LogP contribution in [-0.4, -0.2) is 56.8 Å². The molecule has 0 aromatic carbocycles. The number of allylic oxidation sites excluding steroid dienone is 2. The second-order valence-corrected chi connectivity index (χ2v) is 8.88. The number of aliphatic carboxylic acids is 1. The molecule has 0 heterocycles. The summed E-state index contributed by atoms with van der Waals surface area (Å²) >= 11 is 0. The Bertz CT molecular complexity index is 656. The molecule has 7 nitrogen and oxygen atoms in total. The van der Waals surface area contributed by atoms with E-state index in [-0.39, 0.29) is 42.5 Å². The summed E-state index contributed by atoms with van der Waals surface area (Å²) in [5.74, 6) is -1.31. The summed E-state index contributed by atoms with van der Waals surface area (Å²) in [7, 11) is 0. The van der Waals surface area contributed by atoms with E-state index in [1.54, 1.807) is 0 Å². The van der Waals surface area contributed by atoms with Crippen LogP contribution in [0.1, 0.15) is 59.3 Å². The molecule has 30 heavy (non-hydrogen) atoms. The Morgan fingerprint density at radius 1 is 1.27 bits per heavy atom. The Hall–Kier alpha value is -1.70. The van der Waals surface area contributed by atoms with Gasteiger partial charge in [0.1, 0.15) is 6.10 Å². The van der Waals surface area contributed by atoms with Gasteiger partial charge >= 0.3 is 11.9 Å². The number of carboxylic acids is 1. The van der Waals surface area contributed by atoms with Crippen LogP contribution in [0, 0.1) is 23.7 Å². The van der Waals surface area contributed by atoms with E-state index in [0.29, 0.717) is 25.7 Å². The van der Waals surface area contributed by atoms with Crippen LogP contribution in [0.3, 0.4) is 0 Å². The minimum absolute atomic E-state index is 0.0156. The van der Waals surface area contributed by atoms with Gasteiger partial charge in [-0.15, -0.1) is 0 Å². The van der Waals surface area contributed by atoms with Crippen molar-refractivity contribution in [1.82, 2.24) is 0 Å². The number of carbonyl (C=O) groups excluding carboxylic acids is 1. The van der Waals surface area contributed by atoms with Crippen LogP contribution in [0.15, 0.2) is 23.8 Å². The molecule has 0 fully saturated rings. The fourth-order valence-corrected chi connectivity index (χ4v) is 4.52. The number of aliphatic hydroxyl groups excluding tert-OH is 3. The Morgan fingerprint density at radius 2 is 1.97 bits per heavy atom. The van der Waals surface area contributed by atoms with E-state index in [1.807, 2.05) is 26.0 Å². The molecular weight excluding hydrogens is 388 g/mol. The summed E-state index contributed by atoms with van der Waals surface area (Å²) in [5.41, 5.74) is 0.958. The summed E-state index contributed by atoms with van der Waals surface area (Å²) in [6, 6.07) is 0. The lowest BCUT2D eigenvalue weighted by atomic mass is 9.66. The zero-order chi connectivity index (χ0) is 22.4. The van der Waals surface area contributed by atoms with Crippen LogP contribution in [0.5, 0.6) is 0 Å². The average Bonchev–Trinajstić information content (AvgIpc) is 2.65. The predicted octanol–water partition coefficient (Wildman–Crippen LogP) is 2.44. The fraction of sp³-hybridized carbons (Fsp3) is 0.739. The second kappa shape index (κ2) is 11.1. The molecule has 8 atom stereocenters. The molecule has 0 bridgehead atoms. The minimum Gasteiger partial charge on any atom is -0.481 e. The molecule has 4 N–H and O–H groups in total. The van der Waals surface area contributed by atoms with Crippen LogP contribution < -0.4 is 0 Å². The van der Waals surface area contributed by atoms with Gasteiger partial charge in [0.15, 0.2) is 0 Å². The number of fused-ring (bicyclic) bond motifs is 1. The van der Waals surface area contributed by atoms with Gasteiger partial charge in [-0.05, 0) is 43.1 Å². The number of hydrogen-bond donors (Lipinski definition) is 4. The Morgan fingerprint density at radius 3 is 2.60 bits per heavy atom. The van der Waals surface area contributed by atoms with Gasteiger partial charge in [-0.1, -0.05) is 39.0 Å². The minimum atomic E-state index is -1.10. The van der Waals surface area contributed by atoms with E-state index in [2.05, 4.69) is 13.0 Å². The number of rotatable bonds is 10. The molecule has 2 unspecified atom stereocenters. The van der Waals surface area contributed by atoms with Crippen molar-refractivity contribution in [1.29, 1.82) is 0 Å². The van der Waals surface area contributed by atoms with E-state index in [0.717, 1.165) is 5.57 Å². The van der Waals surface area contributed by atoms with E-state index in [4.69, 9.17) is 9.84 Å². The summed E-state index contributed by atoms with van der Waals surface area (Å²) in [4.78, 5) is 23.1. The van der Waals surface area contributed by atoms with Crippen LogP contribution in [-0.2, 0) is 14.3 Å². The van der Waals surface area contributed by atoms with Crippen molar-refractivity contribution < 1.29 is 34.8 Å². The highest BCUT2D eigenvalue weighted by Crippen LogP contribution is 2.44. The quantitative estimate of drug-likeness (QED) is 0.397. The molecule has 0 saturated carbocycles. The van der Waals surface area contributed by atoms with Gasteiger partial charge in [0, 0.05) is 12.3 Å². The standard InChI is InChI=1S/C23H36O7/c1-4-13(2)23(29)30-20-11-17(25)9-15-6-5-14(3)19(22(15)20)8-7-16(24)10-18(26)12-21(27)28/h5-6,9,13-14,16-20,22,24-26H,4,7-8,10-12H2,1-3H3,(H,27,28)/t13-,14-,16?,17+,18+,19-,20+,22?/m0/s1. The average molecular weight is 425 g/mol. The largest absolute Gasteiger partial charge is 0.481 e. The maximum absolute atomic E-state index is 12.4.